The summed E-state index contributed by atoms with van der Waals surface area (Å²) >= 11 is 0. The summed E-state index contributed by atoms with van der Waals surface area (Å²) in [5, 5.41) is 2.23. The van der Waals surface area contributed by atoms with Crippen LogP contribution in [0.1, 0.15) is 69.4 Å². The zero-order chi connectivity index (χ0) is 40.5. The third kappa shape index (κ3) is 7.58. The maximum atomic E-state index is 6.60. The SMILES string of the molecule is Cc1cc(C)cc(-c2cnc(-n3c4[c-]c(Oc5[c-]c(N6[CH-]N(c7cc(C(C)(C)C)cc(C(C)(C)C)c7)c7ccccc76)ccc5)ccc4c4ccccc43)cc2C)c1.[Pt]. The van der Waals surface area contributed by atoms with E-state index >= 15 is 0 Å². The van der Waals surface area contributed by atoms with E-state index in [0.717, 1.165) is 61.5 Å². The molecule has 0 radical (unpaired) electrons. The third-order valence-electron chi connectivity index (χ3n) is 11.2. The number of anilines is 4. The molecule has 59 heavy (non-hydrogen) atoms. The summed E-state index contributed by atoms with van der Waals surface area (Å²) in [4.78, 5) is 9.55. The van der Waals surface area contributed by atoms with Crippen LogP contribution in [0.15, 0.2) is 128 Å². The summed E-state index contributed by atoms with van der Waals surface area (Å²) in [6.45, 7) is 22.3. The number of para-hydroxylation sites is 3. The summed E-state index contributed by atoms with van der Waals surface area (Å²) in [5.41, 5.74) is 14.8. The van der Waals surface area contributed by atoms with E-state index < -0.39 is 0 Å². The Balaban J connectivity index is 0.00000484. The van der Waals surface area contributed by atoms with Gasteiger partial charge in [0.05, 0.1) is 0 Å². The molecule has 0 aliphatic carbocycles. The number of nitrogens with zero attached hydrogens (tertiary/aromatic N) is 4. The van der Waals surface area contributed by atoms with E-state index in [-0.39, 0.29) is 31.9 Å². The van der Waals surface area contributed by atoms with Crippen LogP contribution in [0.5, 0.6) is 11.5 Å². The number of hydrogen-bond acceptors (Lipinski definition) is 4. The van der Waals surface area contributed by atoms with Gasteiger partial charge in [0.2, 0.25) is 0 Å². The minimum atomic E-state index is 0. The van der Waals surface area contributed by atoms with Crippen LogP contribution in [0.25, 0.3) is 38.8 Å². The summed E-state index contributed by atoms with van der Waals surface area (Å²) < 4.78 is 8.80. The maximum Gasteiger partial charge on any atom is 0.135 e. The van der Waals surface area contributed by atoms with Crippen molar-refractivity contribution in [2.24, 2.45) is 0 Å². The molecule has 2 aromatic heterocycles. The third-order valence-corrected chi connectivity index (χ3v) is 11.2. The van der Waals surface area contributed by atoms with Crippen molar-refractivity contribution in [2.75, 3.05) is 9.80 Å². The van der Waals surface area contributed by atoms with Gasteiger partial charge >= 0.3 is 0 Å². The minimum absolute atomic E-state index is 0. The Morgan fingerprint density at radius 3 is 1.93 bits per heavy atom. The second-order valence-electron chi connectivity index (χ2n) is 17.8. The Bertz CT molecular complexity index is 2820. The van der Waals surface area contributed by atoms with Crippen molar-refractivity contribution < 1.29 is 25.8 Å². The first-order valence-corrected chi connectivity index (χ1v) is 20.1. The largest absolute Gasteiger partial charge is 0.509 e. The van der Waals surface area contributed by atoms with E-state index in [1.807, 2.05) is 24.4 Å². The zero-order valence-corrected chi connectivity index (χ0v) is 37.5. The first-order valence-electron chi connectivity index (χ1n) is 20.1. The molecule has 0 saturated carbocycles. The van der Waals surface area contributed by atoms with Gasteiger partial charge in [-0.05, 0) is 95.6 Å². The van der Waals surface area contributed by atoms with Gasteiger partial charge in [0.25, 0.3) is 0 Å². The average Bonchev–Trinajstić information content (AvgIpc) is 3.73. The fraction of sp³-hybridized carbons (Fsp3) is 0.208. The van der Waals surface area contributed by atoms with Gasteiger partial charge in [0.1, 0.15) is 5.82 Å². The fourth-order valence-corrected chi connectivity index (χ4v) is 8.15. The molecule has 0 saturated heterocycles. The van der Waals surface area contributed by atoms with Gasteiger partial charge in [-0.3, -0.25) is 0 Å². The van der Waals surface area contributed by atoms with E-state index in [9.17, 15) is 0 Å². The predicted molar refractivity (Wildman–Crippen MR) is 241 cm³/mol. The first kappa shape index (κ1) is 40.2. The van der Waals surface area contributed by atoms with E-state index in [0.29, 0.717) is 11.5 Å². The smallest absolute Gasteiger partial charge is 0.135 e. The summed E-state index contributed by atoms with van der Waals surface area (Å²) in [6, 6.07) is 50.3. The number of rotatable bonds is 6. The van der Waals surface area contributed by atoms with E-state index in [1.54, 1.807) is 0 Å². The number of ether oxygens (including phenoxy) is 1. The molecular formula is C53H49N4OPt-3. The monoisotopic (exact) mass is 952 g/mol. The second kappa shape index (κ2) is 15.2. The molecule has 0 fully saturated rings. The van der Waals surface area contributed by atoms with Crippen molar-refractivity contribution in [3.8, 4) is 28.4 Å². The van der Waals surface area contributed by atoms with Gasteiger partial charge in [-0.15, -0.1) is 48.1 Å². The predicted octanol–water partition coefficient (Wildman–Crippen LogP) is 14.2. The molecule has 1 aliphatic heterocycles. The van der Waals surface area contributed by atoms with Gasteiger partial charge in [-0.2, -0.15) is 12.1 Å². The zero-order valence-electron chi connectivity index (χ0n) is 35.2. The van der Waals surface area contributed by atoms with Crippen molar-refractivity contribution in [2.45, 2.75) is 73.1 Å². The molecule has 0 unspecified atom stereocenters. The van der Waals surface area contributed by atoms with E-state index in [4.69, 9.17) is 9.72 Å². The van der Waals surface area contributed by atoms with E-state index in [2.05, 4.69) is 199 Å². The Hall–Kier alpha value is -5.64. The van der Waals surface area contributed by atoms with Crippen LogP contribution in [0, 0.1) is 39.6 Å². The molecule has 6 aromatic carbocycles. The molecule has 0 N–H and O–H groups in total. The van der Waals surface area contributed by atoms with Crippen molar-refractivity contribution in [1.82, 2.24) is 9.55 Å². The van der Waals surface area contributed by atoms with Crippen LogP contribution in [-0.4, -0.2) is 9.55 Å². The number of fused-ring (bicyclic) bond motifs is 4. The van der Waals surface area contributed by atoms with Crippen molar-refractivity contribution in [1.29, 1.82) is 0 Å². The summed E-state index contributed by atoms with van der Waals surface area (Å²) in [5.74, 6) is 2.06. The minimum Gasteiger partial charge on any atom is -0.509 e. The van der Waals surface area contributed by atoms with Crippen LogP contribution in [0.4, 0.5) is 22.7 Å². The number of aryl methyl sites for hydroxylation is 3. The standard InChI is InChI=1S/C53H49N4O.Pt/c1-34-23-35(2)25-37(24-34)46-32-54-51(26-36(46)3)57-47-18-11-10-17-44(47)45-22-21-43(31-50(45)57)58-42-16-14-15-40(30-42)55-33-56(49-20-13-12-19-48(49)55)41-28-38(52(4,5)6)27-39(29-41)53(7,8)9;/h10-29,32-33H,1-9H3;/q-3;. The van der Waals surface area contributed by atoms with Crippen LogP contribution in [0.3, 0.4) is 0 Å². The number of pyridine rings is 1. The second-order valence-corrected chi connectivity index (χ2v) is 17.8. The van der Waals surface area contributed by atoms with Crippen LogP contribution in [0.2, 0.25) is 0 Å². The summed E-state index contributed by atoms with van der Waals surface area (Å²) in [7, 11) is 0. The number of hydrogen-bond donors (Lipinski definition) is 0. The Kier molecular flexibility index (Phi) is 10.3. The van der Waals surface area contributed by atoms with Crippen LogP contribution in [-0.2, 0) is 31.9 Å². The van der Waals surface area contributed by atoms with Crippen molar-refractivity contribution >= 4 is 44.6 Å². The molecule has 1 aliphatic rings. The average molecular weight is 953 g/mol. The molecule has 0 spiro atoms. The van der Waals surface area contributed by atoms with Gasteiger partial charge in [-0.1, -0.05) is 113 Å². The molecule has 5 nitrogen and oxygen atoms in total. The molecule has 9 rings (SSSR count). The molecule has 0 bridgehead atoms. The molecular weight excluding hydrogens is 904 g/mol. The quantitative estimate of drug-likeness (QED) is 0.156. The van der Waals surface area contributed by atoms with Gasteiger partial charge in [0, 0.05) is 66.9 Å². The first-order chi connectivity index (χ1) is 27.7. The van der Waals surface area contributed by atoms with Crippen molar-refractivity contribution in [3.05, 3.63) is 174 Å². The van der Waals surface area contributed by atoms with Crippen molar-refractivity contribution in [3.63, 3.8) is 0 Å². The van der Waals surface area contributed by atoms with Gasteiger partial charge in [-0.25, -0.2) is 4.98 Å². The Morgan fingerprint density at radius 1 is 0.610 bits per heavy atom. The maximum absolute atomic E-state index is 6.60. The number of aromatic nitrogens is 2. The van der Waals surface area contributed by atoms with Gasteiger partial charge in [0.15, 0.2) is 0 Å². The summed E-state index contributed by atoms with van der Waals surface area (Å²) in [6.07, 6.45) is 2.00. The van der Waals surface area contributed by atoms with Gasteiger partial charge < -0.3 is 19.1 Å². The van der Waals surface area contributed by atoms with E-state index in [1.165, 1.54) is 27.8 Å². The molecule has 0 atom stereocenters. The van der Waals surface area contributed by atoms with Crippen LogP contribution < -0.4 is 14.5 Å². The molecule has 3 heterocycles. The normalized spacial score (nSPS) is 12.9. The molecule has 8 aromatic rings. The fourth-order valence-electron chi connectivity index (χ4n) is 8.15. The number of benzene rings is 6. The topological polar surface area (TPSA) is 33.5 Å². The Morgan fingerprint density at radius 2 is 1.25 bits per heavy atom. The van der Waals surface area contributed by atoms with Crippen LogP contribution >= 0.6 is 0 Å². The molecule has 300 valence electrons. The molecule has 6 heteroatoms. The molecule has 0 amide bonds. The Labute approximate surface area is 363 Å².